The van der Waals surface area contributed by atoms with E-state index in [2.05, 4.69) is 31.3 Å². The lowest BCUT2D eigenvalue weighted by atomic mass is 9.94. The lowest BCUT2D eigenvalue weighted by Gasteiger charge is -2.20. The summed E-state index contributed by atoms with van der Waals surface area (Å²) in [7, 11) is 0. The van der Waals surface area contributed by atoms with Crippen LogP contribution in [0.3, 0.4) is 0 Å². The van der Waals surface area contributed by atoms with Crippen molar-refractivity contribution in [1.82, 2.24) is 31.3 Å². The Morgan fingerprint density at radius 3 is 2.78 bits per heavy atom. The first-order chi connectivity index (χ1) is 13.2. The minimum Gasteiger partial charge on any atom is -0.337 e. The quantitative estimate of drug-likeness (QED) is 0.616. The molecule has 1 aromatic carbocycles. The Morgan fingerprint density at radius 1 is 1.22 bits per heavy atom. The van der Waals surface area contributed by atoms with Crippen LogP contribution in [0.5, 0.6) is 0 Å². The van der Waals surface area contributed by atoms with Crippen molar-refractivity contribution < 1.29 is 8.91 Å². The first-order valence-electron chi connectivity index (χ1n) is 8.92. The molecule has 3 N–H and O–H groups in total. The molecule has 0 radical (unpaired) electrons. The monoisotopic (exact) mass is 368 g/mol. The number of nitrogens with zero attached hydrogens (tertiary/aromatic N) is 3. The van der Waals surface area contributed by atoms with E-state index in [9.17, 15) is 4.39 Å². The first kappa shape index (κ1) is 17.7. The van der Waals surface area contributed by atoms with Gasteiger partial charge in [0.25, 0.3) is 0 Å². The van der Waals surface area contributed by atoms with Gasteiger partial charge in [-0.2, -0.15) is 4.98 Å². The highest BCUT2D eigenvalue weighted by molar-refractivity contribution is 5.52. The lowest BCUT2D eigenvalue weighted by Crippen LogP contribution is -2.30. The first-order valence-corrected chi connectivity index (χ1v) is 8.92. The van der Waals surface area contributed by atoms with Crippen LogP contribution in [0.1, 0.15) is 30.5 Å². The Kier molecular flexibility index (Phi) is 5.19. The van der Waals surface area contributed by atoms with Gasteiger partial charge in [0.05, 0.1) is 12.1 Å². The highest BCUT2D eigenvalue weighted by Gasteiger charge is 2.29. The second-order valence-electron chi connectivity index (χ2n) is 6.64. The van der Waals surface area contributed by atoms with E-state index in [4.69, 9.17) is 4.52 Å². The molecular formula is C19H21FN6O. The topological polar surface area (TPSA) is 87.9 Å². The summed E-state index contributed by atoms with van der Waals surface area (Å²) >= 11 is 0. The molecule has 8 heteroatoms. The Hall–Kier alpha value is -2.68. The average Bonchev–Trinajstić information content (AvgIpc) is 3.37. The standard InChI is InChI=1S/C19H21FN6O/c1-12(19-24-18(26-27-19)14-6-8-21-9-7-14)22-10-15-11-23-25-17(15)13-2-4-16(20)5-3-13/h2-9,12,15,17,22-23,25H,10-11H2,1H3. The molecule has 3 unspecified atom stereocenters. The van der Waals surface area contributed by atoms with Crippen LogP contribution in [0.15, 0.2) is 53.3 Å². The zero-order valence-electron chi connectivity index (χ0n) is 14.9. The van der Waals surface area contributed by atoms with E-state index in [1.165, 1.54) is 12.1 Å². The minimum absolute atomic E-state index is 0.0810. The summed E-state index contributed by atoms with van der Waals surface area (Å²) in [5.74, 6) is 1.17. The van der Waals surface area contributed by atoms with Crippen molar-refractivity contribution in [2.75, 3.05) is 13.1 Å². The normalized spacial score (nSPS) is 20.7. The molecule has 0 bridgehead atoms. The summed E-state index contributed by atoms with van der Waals surface area (Å²) in [6.45, 7) is 3.55. The fourth-order valence-electron chi connectivity index (χ4n) is 3.20. The van der Waals surface area contributed by atoms with E-state index in [0.717, 1.165) is 24.2 Å². The van der Waals surface area contributed by atoms with Crippen LogP contribution in [-0.2, 0) is 0 Å². The van der Waals surface area contributed by atoms with E-state index in [1.54, 1.807) is 12.4 Å². The summed E-state index contributed by atoms with van der Waals surface area (Å²) in [6, 6.07) is 10.3. The van der Waals surface area contributed by atoms with Gasteiger partial charge in [0.15, 0.2) is 0 Å². The molecule has 7 nitrogen and oxygen atoms in total. The van der Waals surface area contributed by atoms with E-state index in [1.807, 2.05) is 31.2 Å². The molecule has 140 valence electrons. The Bertz CT molecular complexity index is 869. The molecule has 3 heterocycles. The van der Waals surface area contributed by atoms with Gasteiger partial charge >= 0.3 is 0 Å². The average molecular weight is 368 g/mol. The van der Waals surface area contributed by atoms with Gasteiger partial charge in [-0.1, -0.05) is 17.3 Å². The van der Waals surface area contributed by atoms with Gasteiger partial charge < -0.3 is 9.84 Å². The van der Waals surface area contributed by atoms with Crippen LogP contribution in [0.25, 0.3) is 11.4 Å². The number of hydrogen-bond acceptors (Lipinski definition) is 7. The van der Waals surface area contributed by atoms with Crippen LogP contribution >= 0.6 is 0 Å². The molecule has 27 heavy (non-hydrogen) atoms. The van der Waals surface area contributed by atoms with Crippen LogP contribution < -0.4 is 16.2 Å². The molecule has 0 aliphatic carbocycles. The molecule has 4 rings (SSSR count). The smallest absolute Gasteiger partial charge is 0.243 e. The number of benzene rings is 1. The predicted octanol–water partition coefficient (Wildman–Crippen LogP) is 2.39. The van der Waals surface area contributed by atoms with Crippen LogP contribution in [0.4, 0.5) is 4.39 Å². The van der Waals surface area contributed by atoms with Crippen LogP contribution in [0, 0.1) is 11.7 Å². The molecule has 0 spiro atoms. The number of rotatable bonds is 6. The molecule has 0 amide bonds. The fourth-order valence-corrected chi connectivity index (χ4v) is 3.20. The van der Waals surface area contributed by atoms with Crippen molar-refractivity contribution in [3.8, 4) is 11.4 Å². The summed E-state index contributed by atoms with van der Waals surface area (Å²) in [6.07, 6.45) is 3.39. The van der Waals surface area contributed by atoms with Crippen molar-refractivity contribution in [3.63, 3.8) is 0 Å². The second-order valence-corrected chi connectivity index (χ2v) is 6.64. The van der Waals surface area contributed by atoms with Crippen LogP contribution in [0.2, 0.25) is 0 Å². The van der Waals surface area contributed by atoms with Crippen molar-refractivity contribution in [2.45, 2.75) is 19.0 Å². The van der Waals surface area contributed by atoms with Crippen molar-refractivity contribution >= 4 is 0 Å². The van der Waals surface area contributed by atoms with Gasteiger partial charge in [-0.3, -0.25) is 10.4 Å². The fraction of sp³-hybridized carbons (Fsp3) is 0.316. The van der Waals surface area contributed by atoms with E-state index >= 15 is 0 Å². The predicted molar refractivity (Wildman–Crippen MR) is 97.7 cm³/mol. The minimum atomic E-state index is -0.227. The highest BCUT2D eigenvalue weighted by atomic mass is 19.1. The van der Waals surface area contributed by atoms with Crippen LogP contribution in [-0.4, -0.2) is 28.2 Å². The van der Waals surface area contributed by atoms with Crippen molar-refractivity contribution in [3.05, 3.63) is 66.1 Å². The molecule has 0 saturated carbocycles. The largest absolute Gasteiger partial charge is 0.337 e. The Balaban J connectivity index is 1.38. The molecular weight excluding hydrogens is 347 g/mol. The van der Waals surface area contributed by atoms with Crippen molar-refractivity contribution in [2.24, 2.45) is 5.92 Å². The van der Waals surface area contributed by atoms with Gasteiger partial charge in [-0.05, 0) is 36.8 Å². The number of hydrazine groups is 1. The molecule has 1 saturated heterocycles. The summed E-state index contributed by atoms with van der Waals surface area (Å²) in [5, 5.41) is 7.50. The highest BCUT2D eigenvalue weighted by Crippen LogP contribution is 2.25. The Morgan fingerprint density at radius 2 is 2.00 bits per heavy atom. The second kappa shape index (κ2) is 7.91. The number of nitrogens with one attached hydrogen (secondary N) is 3. The van der Waals surface area contributed by atoms with Gasteiger partial charge in [-0.25, -0.2) is 9.82 Å². The molecule has 1 fully saturated rings. The molecule has 1 aliphatic rings. The maximum Gasteiger partial charge on any atom is 0.243 e. The Labute approximate surface area is 156 Å². The summed E-state index contributed by atoms with van der Waals surface area (Å²) in [4.78, 5) is 8.46. The summed E-state index contributed by atoms with van der Waals surface area (Å²) < 4.78 is 18.6. The maximum absolute atomic E-state index is 13.2. The SMILES string of the molecule is CC(NCC1CNNC1c1ccc(F)cc1)c1nc(-c2ccncc2)no1. The molecule has 1 aliphatic heterocycles. The summed E-state index contributed by atoms with van der Waals surface area (Å²) in [5.41, 5.74) is 8.37. The van der Waals surface area contributed by atoms with Crippen molar-refractivity contribution in [1.29, 1.82) is 0 Å². The van der Waals surface area contributed by atoms with Gasteiger partial charge in [0.1, 0.15) is 5.82 Å². The van der Waals surface area contributed by atoms with E-state index in [0.29, 0.717) is 17.6 Å². The van der Waals surface area contributed by atoms with E-state index < -0.39 is 0 Å². The third kappa shape index (κ3) is 4.02. The number of halogens is 1. The number of pyridine rings is 1. The number of aromatic nitrogens is 3. The number of hydrogen-bond donors (Lipinski definition) is 3. The molecule has 3 atom stereocenters. The molecule has 2 aromatic heterocycles. The zero-order valence-corrected chi connectivity index (χ0v) is 14.9. The van der Waals surface area contributed by atoms with E-state index in [-0.39, 0.29) is 17.9 Å². The maximum atomic E-state index is 13.2. The third-order valence-electron chi connectivity index (χ3n) is 4.76. The zero-order chi connectivity index (χ0) is 18.6. The third-order valence-corrected chi connectivity index (χ3v) is 4.76. The van der Waals surface area contributed by atoms with Gasteiger partial charge in [0.2, 0.25) is 11.7 Å². The van der Waals surface area contributed by atoms with Gasteiger partial charge in [0, 0.05) is 37.0 Å². The lowest BCUT2D eigenvalue weighted by molar-refractivity contribution is 0.326. The molecule has 3 aromatic rings. The van der Waals surface area contributed by atoms with Gasteiger partial charge in [-0.15, -0.1) is 0 Å².